The molecule has 1 aromatic carbocycles. The summed E-state index contributed by atoms with van der Waals surface area (Å²) in [6.45, 7) is -1.50. The van der Waals surface area contributed by atoms with E-state index in [1.54, 1.807) is 0 Å². The van der Waals surface area contributed by atoms with Crippen LogP contribution in [0.1, 0.15) is 10.4 Å². The van der Waals surface area contributed by atoms with Gasteiger partial charge in [0, 0.05) is 6.07 Å². The number of carboxylic acids is 1. The van der Waals surface area contributed by atoms with Crippen molar-refractivity contribution in [2.45, 2.75) is 6.18 Å². The van der Waals surface area contributed by atoms with Crippen LogP contribution < -0.4 is 4.74 Å². The highest BCUT2D eigenvalue weighted by Gasteiger charge is 2.28. The molecule has 0 aliphatic rings. The second-order valence-corrected chi connectivity index (χ2v) is 2.89. The Morgan fingerprint density at radius 2 is 2.00 bits per heavy atom. The second kappa shape index (κ2) is 4.30. The van der Waals surface area contributed by atoms with Crippen molar-refractivity contribution in [3.63, 3.8) is 0 Å². The summed E-state index contributed by atoms with van der Waals surface area (Å²) in [5.41, 5.74) is -0.403. The van der Waals surface area contributed by atoms with Gasteiger partial charge in [-0.2, -0.15) is 13.2 Å². The van der Waals surface area contributed by atoms with Gasteiger partial charge in [0.15, 0.2) is 6.61 Å². The van der Waals surface area contributed by atoms with Gasteiger partial charge in [-0.1, -0.05) is 0 Å². The smallest absolute Gasteiger partial charge is 0.422 e. The van der Waals surface area contributed by atoms with Crippen molar-refractivity contribution in [1.82, 2.24) is 0 Å². The van der Waals surface area contributed by atoms with Crippen molar-refractivity contribution in [3.05, 3.63) is 23.8 Å². The van der Waals surface area contributed by atoms with Gasteiger partial charge in [0.2, 0.25) is 0 Å². The molecule has 2 N–H and O–H groups in total. The van der Waals surface area contributed by atoms with E-state index in [1.165, 1.54) is 0 Å². The zero-order chi connectivity index (χ0) is 12.3. The lowest BCUT2D eigenvalue weighted by atomic mass is 10.2. The van der Waals surface area contributed by atoms with E-state index < -0.39 is 30.1 Å². The predicted octanol–water partition coefficient (Wildman–Crippen LogP) is 2.03. The number of ether oxygens (including phenoxy) is 1. The number of rotatable bonds is 3. The molecular weight excluding hydrogens is 229 g/mol. The van der Waals surface area contributed by atoms with Gasteiger partial charge in [-0.3, -0.25) is 0 Å². The molecule has 0 heterocycles. The normalized spacial score (nSPS) is 11.2. The van der Waals surface area contributed by atoms with Gasteiger partial charge in [0.1, 0.15) is 17.1 Å². The lowest BCUT2D eigenvalue weighted by Crippen LogP contribution is -2.19. The van der Waals surface area contributed by atoms with Crippen LogP contribution in [0.25, 0.3) is 0 Å². The Hall–Kier alpha value is -1.92. The lowest BCUT2D eigenvalue weighted by Gasteiger charge is -2.09. The zero-order valence-electron chi connectivity index (χ0n) is 7.78. The molecular formula is C9H7F3O4. The number of benzene rings is 1. The summed E-state index contributed by atoms with van der Waals surface area (Å²) in [7, 11) is 0. The van der Waals surface area contributed by atoms with Gasteiger partial charge in [-0.25, -0.2) is 4.79 Å². The molecule has 0 saturated heterocycles. The third kappa shape index (κ3) is 3.34. The molecule has 0 unspecified atom stereocenters. The molecule has 0 saturated carbocycles. The number of hydrogen-bond donors (Lipinski definition) is 2. The number of carbonyl (C=O) groups is 1. The van der Waals surface area contributed by atoms with Crippen LogP contribution in [0.3, 0.4) is 0 Å². The summed E-state index contributed by atoms with van der Waals surface area (Å²) in [6, 6.07) is 2.81. The summed E-state index contributed by atoms with van der Waals surface area (Å²) >= 11 is 0. The third-order valence-electron chi connectivity index (χ3n) is 1.60. The van der Waals surface area contributed by atoms with Gasteiger partial charge in [-0.05, 0) is 12.1 Å². The summed E-state index contributed by atoms with van der Waals surface area (Å²) in [5, 5.41) is 17.7. The van der Waals surface area contributed by atoms with E-state index in [9.17, 15) is 18.0 Å². The highest BCUT2D eigenvalue weighted by Crippen LogP contribution is 2.25. The number of carboxylic acid groups (broad SMARTS) is 1. The fourth-order valence-electron chi connectivity index (χ4n) is 0.947. The first-order valence-electron chi connectivity index (χ1n) is 4.05. The molecule has 0 aliphatic heterocycles. The maximum atomic E-state index is 11.8. The van der Waals surface area contributed by atoms with E-state index in [0.717, 1.165) is 18.2 Å². The number of aromatic hydroxyl groups is 1. The largest absolute Gasteiger partial charge is 0.507 e. The molecule has 0 aliphatic carbocycles. The molecule has 88 valence electrons. The third-order valence-corrected chi connectivity index (χ3v) is 1.60. The Balaban J connectivity index is 2.78. The van der Waals surface area contributed by atoms with Crippen molar-refractivity contribution in [2.75, 3.05) is 6.61 Å². The van der Waals surface area contributed by atoms with Crippen LogP contribution in [0, 0.1) is 0 Å². The van der Waals surface area contributed by atoms with Crippen molar-refractivity contribution >= 4 is 5.97 Å². The SMILES string of the molecule is O=C(O)c1ccc(OCC(F)(F)F)cc1O. The van der Waals surface area contributed by atoms with Gasteiger partial charge in [0.05, 0.1) is 0 Å². The fraction of sp³-hybridized carbons (Fsp3) is 0.222. The number of alkyl halides is 3. The van der Waals surface area contributed by atoms with Crippen LogP contribution in [-0.4, -0.2) is 29.0 Å². The minimum Gasteiger partial charge on any atom is -0.507 e. The lowest BCUT2D eigenvalue weighted by molar-refractivity contribution is -0.153. The Bertz CT molecular complexity index is 400. The summed E-state index contributed by atoms with van der Waals surface area (Å²) in [4.78, 5) is 10.5. The summed E-state index contributed by atoms with van der Waals surface area (Å²) in [6.07, 6.45) is -4.49. The van der Waals surface area contributed by atoms with Gasteiger partial charge >= 0.3 is 12.1 Å². The predicted molar refractivity (Wildman–Crippen MR) is 46.6 cm³/mol. The van der Waals surface area contributed by atoms with Crippen LogP contribution >= 0.6 is 0 Å². The minimum atomic E-state index is -4.49. The standard InChI is InChI=1S/C9H7F3O4/c10-9(11,12)4-16-5-1-2-6(8(14)15)7(13)3-5/h1-3,13H,4H2,(H,14,15). The highest BCUT2D eigenvalue weighted by atomic mass is 19.4. The fourth-order valence-corrected chi connectivity index (χ4v) is 0.947. The van der Waals surface area contributed by atoms with E-state index in [-0.39, 0.29) is 5.75 Å². The average Bonchev–Trinajstić information content (AvgIpc) is 2.13. The van der Waals surface area contributed by atoms with Crippen LogP contribution in [0.15, 0.2) is 18.2 Å². The molecule has 0 spiro atoms. The molecule has 1 rings (SSSR count). The molecule has 0 radical (unpaired) electrons. The monoisotopic (exact) mass is 236 g/mol. The average molecular weight is 236 g/mol. The van der Waals surface area contributed by atoms with Crippen LogP contribution in [0.2, 0.25) is 0 Å². The number of phenols is 1. The van der Waals surface area contributed by atoms with Crippen LogP contribution in [0.4, 0.5) is 13.2 Å². The molecule has 0 atom stereocenters. The molecule has 16 heavy (non-hydrogen) atoms. The van der Waals surface area contributed by atoms with Crippen molar-refractivity contribution in [2.24, 2.45) is 0 Å². The van der Waals surface area contributed by atoms with Crippen molar-refractivity contribution < 1.29 is 32.9 Å². The van der Waals surface area contributed by atoms with E-state index in [1.807, 2.05) is 0 Å². The first kappa shape index (κ1) is 12.2. The Morgan fingerprint density at radius 3 is 2.44 bits per heavy atom. The maximum absolute atomic E-state index is 11.8. The summed E-state index contributed by atoms with van der Waals surface area (Å²) in [5.74, 6) is -2.27. The van der Waals surface area contributed by atoms with Crippen molar-refractivity contribution in [3.8, 4) is 11.5 Å². The first-order valence-corrected chi connectivity index (χ1v) is 4.05. The van der Waals surface area contributed by atoms with Crippen LogP contribution in [-0.2, 0) is 0 Å². The highest BCUT2D eigenvalue weighted by molar-refractivity contribution is 5.90. The van der Waals surface area contributed by atoms with Gasteiger partial charge < -0.3 is 14.9 Å². The van der Waals surface area contributed by atoms with Crippen LogP contribution in [0.5, 0.6) is 11.5 Å². The van der Waals surface area contributed by atoms with Gasteiger partial charge in [-0.15, -0.1) is 0 Å². The first-order chi connectivity index (χ1) is 7.29. The molecule has 1 aromatic rings. The molecule has 0 amide bonds. The Labute approximate surface area is 87.9 Å². The van der Waals surface area contributed by atoms with Gasteiger partial charge in [0.25, 0.3) is 0 Å². The van der Waals surface area contributed by atoms with E-state index in [2.05, 4.69) is 4.74 Å². The molecule has 7 heteroatoms. The maximum Gasteiger partial charge on any atom is 0.422 e. The van der Waals surface area contributed by atoms with E-state index >= 15 is 0 Å². The number of hydrogen-bond acceptors (Lipinski definition) is 3. The van der Waals surface area contributed by atoms with Crippen molar-refractivity contribution in [1.29, 1.82) is 0 Å². The quantitative estimate of drug-likeness (QED) is 0.842. The second-order valence-electron chi connectivity index (χ2n) is 2.89. The molecule has 0 aromatic heterocycles. The molecule has 0 bridgehead atoms. The zero-order valence-corrected chi connectivity index (χ0v) is 7.78. The number of aromatic carboxylic acids is 1. The van der Waals surface area contributed by atoms with E-state index in [0.29, 0.717) is 0 Å². The topological polar surface area (TPSA) is 66.8 Å². The Kier molecular flexibility index (Phi) is 3.26. The number of halogens is 3. The molecule has 4 nitrogen and oxygen atoms in total. The van der Waals surface area contributed by atoms with E-state index in [4.69, 9.17) is 10.2 Å². The molecule has 0 fully saturated rings. The Morgan fingerprint density at radius 1 is 1.38 bits per heavy atom. The summed E-state index contributed by atoms with van der Waals surface area (Å²) < 4.78 is 39.6. The minimum absolute atomic E-state index is 0.250.